The highest BCUT2D eigenvalue weighted by Crippen LogP contribution is 2.03. The Kier molecular flexibility index (Phi) is 6.93. The smallest absolute Gasteiger partial charge is 0.0624 e. The zero-order valence-electron chi connectivity index (χ0n) is 11.8. The van der Waals surface area contributed by atoms with Gasteiger partial charge in [0.25, 0.3) is 0 Å². The van der Waals surface area contributed by atoms with Gasteiger partial charge in [-0.1, -0.05) is 29.7 Å². The fourth-order valence-electron chi connectivity index (χ4n) is 1.39. The van der Waals surface area contributed by atoms with E-state index in [0.29, 0.717) is 0 Å². The van der Waals surface area contributed by atoms with Crippen LogP contribution in [-0.4, -0.2) is 23.4 Å². The third kappa shape index (κ3) is 6.07. The topological polar surface area (TPSA) is 40.5 Å². The lowest BCUT2D eigenvalue weighted by atomic mass is 10.1. The Hall–Kier alpha value is -2.26. The van der Waals surface area contributed by atoms with Crippen molar-refractivity contribution in [3.63, 3.8) is 0 Å². The van der Waals surface area contributed by atoms with E-state index in [1.165, 1.54) is 0 Å². The second kappa shape index (κ2) is 8.77. The third-order valence-electron chi connectivity index (χ3n) is 2.47. The summed E-state index contributed by atoms with van der Waals surface area (Å²) in [6, 6.07) is 7.66. The first-order valence-corrected chi connectivity index (χ1v) is 6.35. The minimum atomic E-state index is 0.00248. The van der Waals surface area contributed by atoms with E-state index in [9.17, 15) is 0 Å². The molecule has 1 aromatic carbocycles. The van der Waals surface area contributed by atoms with Crippen molar-refractivity contribution < 1.29 is 10.2 Å². The Balaban J connectivity index is 2.92. The maximum atomic E-state index is 8.76. The van der Waals surface area contributed by atoms with E-state index >= 15 is 0 Å². The molecule has 0 aliphatic carbocycles. The molecule has 0 aromatic heterocycles. The molecule has 102 valence electrons. The standard InChI is InChI=1S/C18H18O2/c1-15(10-12-19)6-8-17-4-3-5-18(14-17)9-7-16(2)11-13-20/h3-5,10-11,14,19-20H,12-13H2,1-2H3. The van der Waals surface area contributed by atoms with Crippen LogP contribution < -0.4 is 0 Å². The number of benzene rings is 1. The number of aliphatic hydroxyl groups excluding tert-OH is 2. The van der Waals surface area contributed by atoms with Gasteiger partial charge in [-0.2, -0.15) is 0 Å². The summed E-state index contributed by atoms with van der Waals surface area (Å²) in [6.07, 6.45) is 3.33. The van der Waals surface area contributed by atoms with Gasteiger partial charge in [0.2, 0.25) is 0 Å². The van der Waals surface area contributed by atoms with Crippen molar-refractivity contribution in [1.82, 2.24) is 0 Å². The molecule has 0 atom stereocenters. The van der Waals surface area contributed by atoms with Crippen LogP contribution in [0.3, 0.4) is 0 Å². The third-order valence-corrected chi connectivity index (χ3v) is 2.47. The van der Waals surface area contributed by atoms with E-state index in [4.69, 9.17) is 10.2 Å². The summed E-state index contributed by atoms with van der Waals surface area (Å²) in [5.41, 5.74) is 3.44. The van der Waals surface area contributed by atoms with Crippen molar-refractivity contribution in [3.8, 4) is 23.7 Å². The number of hydrogen-bond donors (Lipinski definition) is 2. The summed E-state index contributed by atoms with van der Waals surface area (Å²) < 4.78 is 0. The fourth-order valence-corrected chi connectivity index (χ4v) is 1.39. The van der Waals surface area contributed by atoms with Crippen LogP contribution in [0.1, 0.15) is 25.0 Å². The summed E-state index contributed by atoms with van der Waals surface area (Å²) in [5.74, 6) is 12.0. The lowest BCUT2D eigenvalue weighted by Crippen LogP contribution is -1.81. The van der Waals surface area contributed by atoms with E-state index in [0.717, 1.165) is 22.3 Å². The molecule has 2 N–H and O–H groups in total. The molecule has 2 nitrogen and oxygen atoms in total. The second-order valence-electron chi connectivity index (χ2n) is 4.22. The number of hydrogen-bond acceptors (Lipinski definition) is 2. The van der Waals surface area contributed by atoms with Crippen LogP contribution in [0.4, 0.5) is 0 Å². The van der Waals surface area contributed by atoms with Gasteiger partial charge in [0.1, 0.15) is 0 Å². The summed E-state index contributed by atoms with van der Waals surface area (Å²) in [6.45, 7) is 3.72. The largest absolute Gasteiger partial charge is 0.392 e. The highest BCUT2D eigenvalue weighted by molar-refractivity contribution is 5.47. The van der Waals surface area contributed by atoms with Crippen molar-refractivity contribution in [2.24, 2.45) is 0 Å². The molecule has 0 saturated heterocycles. The number of aliphatic hydroxyl groups is 2. The maximum absolute atomic E-state index is 8.76. The van der Waals surface area contributed by atoms with E-state index < -0.39 is 0 Å². The number of rotatable bonds is 2. The van der Waals surface area contributed by atoms with Gasteiger partial charge in [-0.15, -0.1) is 0 Å². The van der Waals surface area contributed by atoms with Gasteiger partial charge < -0.3 is 10.2 Å². The molecule has 0 aliphatic rings. The number of allylic oxidation sites excluding steroid dienone is 2. The van der Waals surface area contributed by atoms with Crippen LogP contribution in [0.15, 0.2) is 47.6 Å². The summed E-state index contributed by atoms with van der Waals surface area (Å²) in [4.78, 5) is 0. The van der Waals surface area contributed by atoms with Gasteiger partial charge in [-0.25, -0.2) is 0 Å². The average molecular weight is 266 g/mol. The molecular weight excluding hydrogens is 248 g/mol. The predicted octanol–water partition coefficient (Wildman–Crippen LogP) is 2.27. The SMILES string of the molecule is CC(C#Cc1cccc(C#CC(C)=CCO)c1)=CCO. The molecule has 0 unspecified atom stereocenters. The van der Waals surface area contributed by atoms with Crippen LogP contribution in [0.2, 0.25) is 0 Å². The van der Waals surface area contributed by atoms with Gasteiger partial charge >= 0.3 is 0 Å². The van der Waals surface area contributed by atoms with Crippen molar-refractivity contribution in [1.29, 1.82) is 0 Å². The van der Waals surface area contributed by atoms with Crippen molar-refractivity contribution in [2.45, 2.75) is 13.8 Å². The molecule has 0 saturated carbocycles. The monoisotopic (exact) mass is 266 g/mol. The minimum Gasteiger partial charge on any atom is -0.392 e. The van der Waals surface area contributed by atoms with Gasteiger partial charge in [0, 0.05) is 11.1 Å². The van der Waals surface area contributed by atoms with Gasteiger partial charge in [-0.05, 0) is 55.3 Å². The molecule has 0 amide bonds. The summed E-state index contributed by atoms with van der Waals surface area (Å²) in [7, 11) is 0. The van der Waals surface area contributed by atoms with E-state index in [1.54, 1.807) is 12.2 Å². The molecule has 0 bridgehead atoms. The normalized spacial score (nSPS) is 11.2. The lowest BCUT2D eigenvalue weighted by molar-refractivity contribution is 0.342. The molecule has 20 heavy (non-hydrogen) atoms. The van der Waals surface area contributed by atoms with E-state index in [-0.39, 0.29) is 13.2 Å². The van der Waals surface area contributed by atoms with Gasteiger partial charge in [0.15, 0.2) is 0 Å². The van der Waals surface area contributed by atoms with Crippen LogP contribution in [0.25, 0.3) is 0 Å². The summed E-state index contributed by atoms with van der Waals surface area (Å²) >= 11 is 0. The van der Waals surface area contributed by atoms with E-state index in [2.05, 4.69) is 23.7 Å². The van der Waals surface area contributed by atoms with Crippen LogP contribution in [-0.2, 0) is 0 Å². The average Bonchev–Trinajstić information content (AvgIpc) is 2.44. The Labute approximate surface area is 120 Å². The van der Waals surface area contributed by atoms with Crippen molar-refractivity contribution in [2.75, 3.05) is 13.2 Å². The predicted molar refractivity (Wildman–Crippen MR) is 81.9 cm³/mol. The Morgan fingerprint density at radius 3 is 1.80 bits per heavy atom. The Morgan fingerprint density at radius 2 is 1.40 bits per heavy atom. The molecule has 0 radical (unpaired) electrons. The molecule has 0 heterocycles. The van der Waals surface area contributed by atoms with Crippen LogP contribution in [0.5, 0.6) is 0 Å². The zero-order chi connectivity index (χ0) is 14.8. The molecule has 1 aromatic rings. The van der Waals surface area contributed by atoms with Gasteiger partial charge in [0.05, 0.1) is 13.2 Å². The second-order valence-corrected chi connectivity index (χ2v) is 4.22. The molecule has 2 heteroatoms. The van der Waals surface area contributed by atoms with Crippen LogP contribution in [0, 0.1) is 23.7 Å². The van der Waals surface area contributed by atoms with Crippen molar-refractivity contribution >= 4 is 0 Å². The first-order chi connectivity index (χ1) is 9.65. The van der Waals surface area contributed by atoms with Crippen LogP contribution >= 0.6 is 0 Å². The fraction of sp³-hybridized carbons (Fsp3) is 0.222. The maximum Gasteiger partial charge on any atom is 0.0624 e. The lowest BCUT2D eigenvalue weighted by Gasteiger charge is -1.93. The quantitative estimate of drug-likeness (QED) is 0.806. The highest BCUT2D eigenvalue weighted by Gasteiger charge is 1.90. The first kappa shape index (κ1) is 15.8. The molecule has 0 aliphatic heterocycles. The van der Waals surface area contributed by atoms with Gasteiger partial charge in [-0.3, -0.25) is 0 Å². The highest BCUT2D eigenvalue weighted by atomic mass is 16.3. The molecule has 0 fully saturated rings. The molecular formula is C18H18O2. The Morgan fingerprint density at radius 1 is 0.950 bits per heavy atom. The Bertz CT molecular complexity index is 575. The summed E-state index contributed by atoms with van der Waals surface area (Å²) in [5, 5.41) is 17.5. The van der Waals surface area contributed by atoms with Crippen molar-refractivity contribution in [3.05, 3.63) is 58.7 Å². The molecule has 0 spiro atoms. The zero-order valence-corrected chi connectivity index (χ0v) is 11.8. The first-order valence-electron chi connectivity index (χ1n) is 6.35. The van der Waals surface area contributed by atoms with E-state index in [1.807, 2.05) is 38.1 Å². The molecule has 1 rings (SSSR count). The minimum absolute atomic E-state index is 0.00248.